The Hall–Kier alpha value is -7.48. The molecule has 16 N–H and O–H groups in total. The fourth-order valence-electron chi connectivity index (χ4n) is 6.75. The summed E-state index contributed by atoms with van der Waals surface area (Å²) < 4.78 is 69.6. The van der Waals surface area contributed by atoms with E-state index in [9.17, 15) is 55.7 Å². The second kappa shape index (κ2) is 31.9. The molecule has 0 saturated heterocycles. The SMILES string of the molecule is CC[C@H](C)[C@H](NC(=O)[C@H](Cc1ccc(O)cc1)NC(=O)c1[nH]c2ccc(OCCCCCN=C(N)N)cc2c1CCCCCCN=C(N)N)C(=O)N[C@@H](CC(C)C)C(=O)O.O=C(O)C(F)(F)F.O=C(O)C(F)(F)F. The molecule has 414 valence electrons. The number of aromatic amines is 1. The van der Waals surface area contributed by atoms with E-state index in [0.29, 0.717) is 49.5 Å². The molecule has 0 saturated carbocycles. The molecule has 0 spiro atoms. The highest BCUT2D eigenvalue weighted by Gasteiger charge is 2.39. The average molecular weight is 1060 g/mol. The number of fused-ring (bicyclic) bond motifs is 1. The second-order valence-corrected chi connectivity index (χ2v) is 17.3. The number of nitrogens with one attached hydrogen (secondary N) is 4. The van der Waals surface area contributed by atoms with Crippen LogP contribution in [0.5, 0.6) is 11.5 Å². The number of phenolic OH excluding ortho intramolecular Hbond substituents is 1. The molecule has 0 aliphatic rings. The van der Waals surface area contributed by atoms with Gasteiger partial charge in [0, 0.05) is 30.4 Å². The van der Waals surface area contributed by atoms with E-state index >= 15 is 0 Å². The maximum absolute atomic E-state index is 14.4. The Labute approximate surface area is 422 Å². The third-order valence-electron chi connectivity index (χ3n) is 10.7. The highest BCUT2D eigenvalue weighted by atomic mass is 19.4. The van der Waals surface area contributed by atoms with Crippen LogP contribution in [-0.4, -0.2) is 123 Å². The Bertz CT molecular complexity index is 2310. The van der Waals surface area contributed by atoms with Crippen molar-refractivity contribution in [3.63, 3.8) is 0 Å². The molecule has 0 radical (unpaired) electrons. The number of guanidine groups is 2. The Morgan fingerprint density at radius 1 is 0.703 bits per heavy atom. The molecule has 3 amide bonds. The van der Waals surface area contributed by atoms with E-state index in [2.05, 4.69) is 30.9 Å². The van der Waals surface area contributed by atoms with Crippen LogP contribution in [0.25, 0.3) is 10.9 Å². The zero-order valence-corrected chi connectivity index (χ0v) is 41.4. The third-order valence-corrected chi connectivity index (χ3v) is 10.7. The number of aromatic nitrogens is 1. The normalized spacial score (nSPS) is 12.8. The molecular weight excluding hydrogens is 995 g/mol. The van der Waals surface area contributed by atoms with Gasteiger partial charge in [0.05, 0.1) is 6.61 Å². The van der Waals surface area contributed by atoms with E-state index in [1.54, 1.807) is 19.1 Å². The van der Waals surface area contributed by atoms with Crippen LogP contribution in [0, 0.1) is 11.8 Å². The number of rotatable bonds is 27. The van der Waals surface area contributed by atoms with E-state index in [1.807, 2.05) is 39.0 Å². The predicted molar refractivity (Wildman–Crippen MR) is 262 cm³/mol. The van der Waals surface area contributed by atoms with Gasteiger partial charge in [-0.05, 0) is 98.2 Å². The average Bonchev–Trinajstić information content (AvgIpc) is 3.67. The number of alkyl halides is 6. The molecule has 3 aromatic rings. The number of hydrogen-bond donors (Lipinski definition) is 12. The van der Waals surface area contributed by atoms with Gasteiger partial charge in [0.2, 0.25) is 11.8 Å². The van der Waals surface area contributed by atoms with Gasteiger partial charge in [0.15, 0.2) is 11.9 Å². The first-order chi connectivity index (χ1) is 34.5. The summed E-state index contributed by atoms with van der Waals surface area (Å²) in [7, 11) is 0. The number of nitrogens with two attached hydrogens (primary N) is 4. The molecule has 3 rings (SSSR count). The van der Waals surface area contributed by atoms with Crippen LogP contribution in [-0.2, 0) is 36.8 Å². The first kappa shape index (κ1) is 64.5. The molecule has 0 bridgehead atoms. The van der Waals surface area contributed by atoms with E-state index in [4.69, 9.17) is 47.5 Å². The first-order valence-electron chi connectivity index (χ1n) is 23.4. The van der Waals surface area contributed by atoms with E-state index in [0.717, 1.165) is 61.4 Å². The zero-order chi connectivity index (χ0) is 56.3. The van der Waals surface area contributed by atoms with Crippen molar-refractivity contribution in [2.24, 2.45) is 44.8 Å². The summed E-state index contributed by atoms with van der Waals surface area (Å²) >= 11 is 0. The molecule has 27 heteroatoms. The quantitative estimate of drug-likeness (QED) is 0.0211. The minimum Gasteiger partial charge on any atom is -0.508 e. The lowest BCUT2D eigenvalue weighted by atomic mass is 9.96. The predicted octanol–water partition coefficient (Wildman–Crippen LogP) is 4.83. The number of ether oxygens (including phenoxy) is 1. The molecule has 0 aliphatic carbocycles. The molecule has 1 heterocycles. The molecule has 4 atom stereocenters. The number of carboxylic acids is 3. The van der Waals surface area contributed by atoms with Gasteiger partial charge < -0.3 is 69.0 Å². The van der Waals surface area contributed by atoms with Crippen molar-refractivity contribution in [1.29, 1.82) is 0 Å². The maximum atomic E-state index is 14.4. The molecule has 0 aliphatic heterocycles. The minimum absolute atomic E-state index is 0.00354. The van der Waals surface area contributed by atoms with Crippen molar-refractivity contribution in [2.75, 3.05) is 19.7 Å². The number of carbonyl (C=O) groups excluding carboxylic acids is 3. The second-order valence-electron chi connectivity index (χ2n) is 17.3. The molecule has 0 unspecified atom stereocenters. The van der Waals surface area contributed by atoms with Crippen LogP contribution < -0.4 is 43.6 Å². The topological polar surface area (TPSA) is 373 Å². The maximum Gasteiger partial charge on any atom is 0.490 e. The summed E-state index contributed by atoms with van der Waals surface area (Å²) in [4.78, 5) is 83.4. The van der Waals surface area contributed by atoms with E-state index < -0.39 is 66.1 Å². The van der Waals surface area contributed by atoms with Crippen LogP contribution in [0.4, 0.5) is 26.3 Å². The number of hydrogen-bond acceptors (Lipinski definition) is 10. The number of aliphatic carboxylic acids is 3. The third kappa shape index (κ3) is 25.3. The van der Waals surface area contributed by atoms with Crippen molar-refractivity contribution in [1.82, 2.24) is 20.9 Å². The van der Waals surface area contributed by atoms with E-state index in [1.165, 1.54) is 12.1 Å². The number of aliphatic imine (C=N–C) groups is 2. The van der Waals surface area contributed by atoms with Crippen molar-refractivity contribution >= 4 is 58.5 Å². The van der Waals surface area contributed by atoms with Crippen molar-refractivity contribution in [2.45, 2.75) is 129 Å². The van der Waals surface area contributed by atoms with Gasteiger partial charge in [-0.3, -0.25) is 24.4 Å². The summed E-state index contributed by atoms with van der Waals surface area (Å²) in [6, 6.07) is 8.51. The number of nitrogens with zero attached hydrogens (tertiary/aromatic N) is 2. The van der Waals surface area contributed by atoms with Gasteiger partial charge in [-0.2, -0.15) is 26.3 Å². The molecular formula is C47H68F6N10O11. The number of halogens is 6. The standard InChI is InChI=1S/C43H66N10O7.2C2HF3O2/c1-5-27(4)36(39(56)52-35(41(58)59)23-26(2)3)53-38(55)34(24-28-14-16-29(54)17-15-28)51-40(57)37-31(13-9-6-7-10-20-48-42(44)45)32-25-30(18-19-33(32)50-37)60-22-12-8-11-21-49-43(46)47;2*3-2(4,5)1(6)7/h14-19,25-27,34-36,50,54H,5-13,20-24H2,1-4H3,(H,51,57)(H,52,56)(H,53,55)(H,58,59)(H4,44,45,48)(H4,46,47,49);2*(H,6,7)/t27-,34-,35-,36-;;/m0../s1. The number of phenols is 1. The Kier molecular flexibility index (Phi) is 27.8. The van der Waals surface area contributed by atoms with Gasteiger partial charge in [0.1, 0.15) is 35.3 Å². The number of H-pyrrole nitrogens is 1. The van der Waals surface area contributed by atoms with Crippen LogP contribution >= 0.6 is 0 Å². The number of unbranched alkanes of at least 4 members (excludes halogenated alkanes) is 5. The van der Waals surface area contributed by atoms with Crippen molar-refractivity contribution in [3.8, 4) is 11.5 Å². The van der Waals surface area contributed by atoms with Crippen molar-refractivity contribution in [3.05, 3.63) is 59.3 Å². The number of carbonyl (C=O) groups is 6. The summed E-state index contributed by atoms with van der Waals surface area (Å²) in [6.45, 7) is 8.94. The van der Waals surface area contributed by atoms with Gasteiger partial charge >= 0.3 is 30.3 Å². The smallest absolute Gasteiger partial charge is 0.490 e. The summed E-state index contributed by atoms with van der Waals surface area (Å²) in [5.41, 5.74) is 24.2. The first-order valence-corrected chi connectivity index (χ1v) is 23.4. The molecule has 74 heavy (non-hydrogen) atoms. The highest BCUT2D eigenvalue weighted by Crippen LogP contribution is 2.29. The van der Waals surface area contributed by atoms with Crippen LogP contribution in [0.1, 0.15) is 107 Å². The number of benzene rings is 2. The number of aromatic hydroxyl groups is 1. The number of aryl methyl sites for hydroxylation is 1. The minimum atomic E-state index is -5.08. The van der Waals surface area contributed by atoms with E-state index in [-0.39, 0.29) is 42.3 Å². The molecule has 1 aromatic heterocycles. The molecule has 21 nitrogen and oxygen atoms in total. The fourth-order valence-corrected chi connectivity index (χ4v) is 6.75. The van der Waals surface area contributed by atoms with Gasteiger partial charge in [0.25, 0.3) is 5.91 Å². The molecule has 2 aromatic carbocycles. The zero-order valence-electron chi connectivity index (χ0n) is 41.4. The van der Waals surface area contributed by atoms with Gasteiger partial charge in [-0.15, -0.1) is 0 Å². The Morgan fingerprint density at radius 3 is 1.72 bits per heavy atom. The lowest BCUT2D eigenvalue weighted by Gasteiger charge is -2.28. The number of amides is 3. The summed E-state index contributed by atoms with van der Waals surface area (Å²) in [5, 5.41) is 43.2. The largest absolute Gasteiger partial charge is 0.508 e. The molecule has 0 fully saturated rings. The van der Waals surface area contributed by atoms with Gasteiger partial charge in [-0.1, -0.05) is 59.1 Å². The van der Waals surface area contributed by atoms with Crippen molar-refractivity contribution < 1.29 is 80.3 Å². The Balaban J connectivity index is 0.00000170. The summed E-state index contributed by atoms with van der Waals surface area (Å²) in [6.07, 6.45) is -3.06. The monoisotopic (exact) mass is 1060 g/mol. The lowest BCUT2D eigenvalue weighted by Crippen LogP contribution is -2.58. The van der Waals surface area contributed by atoms with Crippen LogP contribution in [0.3, 0.4) is 0 Å². The number of carboxylic acid groups (broad SMARTS) is 3. The van der Waals surface area contributed by atoms with Crippen LogP contribution in [0.15, 0.2) is 52.4 Å². The Morgan fingerprint density at radius 2 is 1.23 bits per heavy atom. The van der Waals surface area contributed by atoms with Crippen LogP contribution in [0.2, 0.25) is 0 Å². The fraction of sp³-hybridized carbons (Fsp3) is 0.532. The summed E-state index contributed by atoms with van der Waals surface area (Å²) in [5.74, 6) is -8.02. The highest BCUT2D eigenvalue weighted by molar-refractivity contribution is 6.03. The van der Waals surface area contributed by atoms with Gasteiger partial charge in [-0.25, -0.2) is 14.4 Å². The lowest BCUT2D eigenvalue weighted by molar-refractivity contribution is -0.193.